The summed E-state index contributed by atoms with van der Waals surface area (Å²) < 4.78 is 43.3. The van der Waals surface area contributed by atoms with Crippen molar-refractivity contribution in [3.8, 4) is 5.75 Å². The van der Waals surface area contributed by atoms with Gasteiger partial charge in [0.25, 0.3) is 0 Å². The molecule has 1 N–H and O–H groups in total. The number of alkyl halides is 3. The van der Waals surface area contributed by atoms with Crippen LogP contribution in [-0.4, -0.2) is 24.3 Å². The Morgan fingerprint density at radius 1 is 1.25 bits per heavy atom. The SMILES string of the molecule is CCCNC(CC(F)(F)F)c1cncc(OCCC)c1. The van der Waals surface area contributed by atoms with E-state index in [2.05, 4.69) is 10.3 Å². The monoisotopic (exact) mass is 290 g/mol. The first-order chi connectivity index (χ1) is 9.46. The molecule has 0 fully saturated rings. The van der Waals surface area contributed by atoms with E-state index in [4.69, 9.17) is 4.74 Å². The van der Waals surface area contributed by atoms with Gasteiger partial charge in [-0.2, -0.15) is 13.2 Å². The Balaban J connectivity index is 2.83. The van der Waals surface area contributed by atoms with Gasteiger partial charge in [0.05, 0.1) is 19.2 Å². The second-order valence-electron chi connectivity index (χ2n) is 4.63. The van der Waals surface area contributed by atoms with Crippen LogP contribution in [0.15, 0.2) is 18.5 Å². The minimum Gasteiger partial charge on any atom is -0.492 e. The first-order valence-corrected chi connectivity index (χ1v) is 6.84. The van der Waals surface area contributed by atoms with Crippen LogP contribution < -0.4 is 10.1 Å². The highest BCUT2D eigenvalue weighted by atomic mass is 19.4. The van der Waals surface area contributed by atoms with Crippen LogP contribution in [0.1, 0.15) is 44.7 Å². The highest BCUT2D eigenvalue weighted by Gasteiger charge is 2.32. The third-order valence-electron chi connectivity index (χ3n) is 2.69. The molecule has 0 aromatic carbocycles. The second kappa shape index (κ2) is 8.09. The van der Waals surface area contributed by atoms with Gasteiger partial charge in [-0.25, -0.2) is 0 Å². The van der Waals surface area contributed by atoms with Crippen molar-refractivity contribution in [2.24, 2.45) is 0 Å². The fourth-order valence-corrected chi connectivity index (χ4v) is 1.78. The van der Waals surface area contributed by atoms with Crippen molar-refractivity contribution in [3.05, 3.63) is 24.0 Å². The van der Waals surface area contributed by atoms with Gasteiger partial charge in [-0.1, -0.05) is 13.8 Å². The molecule has 0 spiro atoms. The van der Waals surface area contributed by atoms with E-state index in [9.17, 15) is 13.2 Å². The lowest BCUT2D eigenvalue weighted by atomic mass is 10.1. The minimum absolute atomic E-state index is 0.504. The van der Waals surface area contributed by atoms with E-state index in [0.29, 0.717) is 24.5 Å². The van der Waals surface area contributed by atoms with Crippen LogP contribution in [0.2, 0.25) is 0 Å². The lowest BCUT2D eigenvalue weighted by Gasteiger charge is -2.20. The number of nitrogens with one attached hydrogen (secondary N) is 1. The van der Waals surface area contributed by atoms with Crippen LogP contribution in [0.4, 0.5) is 13.2 Å². The Labute approximate surface area is 117 Å². The van der Waals surface area contributed by atoms with Crippen molar-refractivity contribution < 1.29 is 17.9 Å². The molecule has 1 heterocycles. The number of hydrogen-bond acceptors (Lipinski definition) is 3. The van der Waals surface area contributed by atoms with E-state index in [-0.39, 0.29) is 0 Å². The fraction of sp³-hybridized carbons (Fsp3) is 0.643. The molecule has 114 valence electrons. The van der Waals surface area contributed by atoms with Crippen molar-refractivity contribution in [3.63, 3.8) is 0 Å². The molecule has 0 radical (unpaired) electrons. The summed E-state index contributed by atoms with van der Waals surface area (Å²) in [7, 11) is 0. The highest BCUT2D eigenvalue weighted by Crippen LogP contribution is 2.30. The van der Waals surface area contributed by atoms with E-state index in [0.717, 1.165) is 12.8 Å². The number of hydrogen-bond donors (Lipinski definition) is 1. The maximum absolute atomic E-state index is 12.6. The van der Waals surface area contributed by atoms with Gasteiger partial charge >= 0.3 is 6.18 Å². The zero-order valence-corrected chi connectivity index (χ0v) is 11.8. The summed E-state index contributed by atoms with van der Waals surface area (Å²) >= 11 is 0. The van der Waals surface area contributed by atoms with Crippen LogP contribution in [0.25, 0.3) is 0 Å². The van der Waals surface area contributed by atoms with Crippen molar-refractivity contribution in [2.75, 3.05) is 13.2 Å². The molecule has 3 nitrogen and oxygen atoms in total. The number of nitrogens with zero attached hydrogens (tertiary/aromatic N) is 1. The van der Waals surface area contributed by atoms with E-state index in [1.165, 1.54) is 12.4 Å². The lowest BCUT2D eigenvalue weighted by molar-refractivity contribution is -0.140. The molecule has 1 aromatic heterocycles. The Bertz CT molecular complexity index is 396. The molecule has 0 aliphatic heterocycles. The average Bonchev–Trinajstić information content (AvgIpc) is 2.40. The van der Waals surface area contributed by atoms with Crippen molar-refractivity contribution in [2.45, 2.75) is 45.3 Å². The number of ether oxygens (including phenoxy) is 1. The fourth-order valence-electron chi connectivity index (χ4n) is 1.78. The van der Waals surface area contributed by atoms with Crippen molar-refractivity contribution >= 4 is 0 Å². The molecule has 0 aliphatic carbocycles. The maximum Gasteiger partial charge on any atom is 0.390 e. The number of pyridine rings is 1. The Hall–Kier alpha value is -1.30. The summed E-state index contributed by atoms with van der Waals surface area (Å²) in [6, 6.07) is 0.842. The van der Waals surface area contributed by atoms with Crippen molar-refractivity contribution in [1.29, 1.82) is 0 Å². The van der Waals surface area contributed by atoms with E-state index >= 15 is 0 Å². The summed E-state index contributed by atoms with van der Waals surface area (Å²) in [4.78, 5) is 3.96. The highest BCUT2D eigenvalue weighted by molar-refractivity contribution is 5.26. The van der Waals surface area contributed by atoms with Gasteiger partial charge in [0, 0.05) is 12.2 Å². The summed E-state index contributed by atoms with van der Waals surface area (Å²) in [6.45, 7) is 4.93. The van der Waals surface area contributed by atoms with Gasteiger partial charge in [-0.3, -0.25) is 4.98 Å². The molecule has 0 bridgehead atoms. The average molecular weight is 290 g/mol. The van der Waals surface area contributed by atoms with Gasteiger partial charge in [0.2, 0.25) is 0 Å². The largest absolute Gasteiger partial charge is 0.492 e. The zero-order chi connectivity index (χ0) is 15.0. The molecule has 6 heteroatoms. The smallest absolute Gasteiger partial charge is 0.390 e. The molecule has 0 aliphatic rings. The first kappa shape index (κ1) is 16.8. The summed E-state index contributed by atoms with van der Waals surface area (Å²) in [6.07, 6.45) is -0.544. The maximum atomic E-state index is 12.6. The van der Waals surface area contributed by atoms with Crippen LogP contribution in [0, 0.1) is 0 Å². The first-order valence-electron chi connectivity index (χ1n) is 6.84. The second-order valence-corrected chi connectivity index (χ2v) is 4.63. The third kappa shape index (κ3) is 6.23. The van der Waals surface area contributed by atoms with Gasteiger partial charge in [0.1, 0.15) is 5.75 Å². The lowest BCUT2D eigenvalue weighted by Crippen LogP contribution is -2.27. The van der Waals surface area contributed by atoms with Gasteiger partial charge < -0.3 is 10.1 Å². The quantitative estimate of drug-likeness (QED) is 0.789. The van der Waals surface area contributed by atoms with Crippen LogP contribution in [0.5, 0.6) is 5.75 Å². The van der Waals surface area contributed by atoms with Gasteiger partial charge in [-0.05, 0) is 31.0 Å². The molecule has 1 atom stereocenters. The van der Waals surface area contributed by atoms with Gasteiger partial charge in [0.15, 0.2) is 0 Å². The Morgan fingerprint density at radius 2 is 2.00 bits per heavy atom. The van der Waals surface area contributed by atoms with Crippen molar-refractivity contribution in [1.82, 2.24) is 10.3 Å². The minimum atomic E-state index is -4.22. The summed E-state index contributed by atoms with van der Waals surface area (Å²) in [5.74, 6) is 0.509. The molecule has 1 rings (SSSR count). The van der Waals surface area contributed by atoms with E-state index in [1.807, 2.05) is 13.8 Å². The van der Waals surface area contributed by atoms with E-state index < -0.39 is 18.6 Å². The molecule has 20 heavy (non-hydrogen) atoms. The number of halogens is 3. The number of rotatable bonds is 8. The van der Waals surface area contributed by atoms with Gasteiger partial charge in [-0.15, -0.1) is 0 Å². The molecular formula is C14H21F3N2O. The molecular weight excluding hydrogens is 269 g/mol. The molecule has 0 amide bonds. The third-order valence-corrected chi connectivity index (χ3v) is 2.69. The molecule has 1 unspecified atom stereocenters. The normalized spacial score (nSPS) is 13.2. The molecule has 0 saturated heterocycles. The number of aromatic nitrogens is 1. The molecule has 0 saturated carbocycles. The standard InChI is InChI=1S/C14H21F3N2O/c1-3-5-19-13(8-14(15,16)17)11-7-12(10-18-9-11)20-6-4-2/h7,9-10,13,19H,3-6,8H2,1-2H3. The van der Waals surface area contributed by atoms with Crippen LogP contribution >= 0.6 is 0 Å². The zero-order valence-electron chi connectivity index (χ0n) is 11.8. The summed E-state index contributed by atoms with van der Waals surface area (Å²) in [5, 5.41) is 2.91. The summed E-state index contributed by atoms with van der Waals surface area (Å²) in [5.41, 5.74) is 0.504. The topological polar surface area (TPSA) is 34.2 Å². The van der Waals surface area contributed by atoms with E-state index in [1.54, 1.807) is 6.07 Å². The predicted octanol–water partition coefficient (Wildman–Crippen LogP) is 3.86. The van der Waals surface area contributed by atoms with Crippen LogP contribution in [0.3, 0.4) is 0 Å². The van der Waals surface area contributed by atoms with Crippen LogP contribution in [-0.2, 0) is 0 Å². The predicted molar refractivity (Wildman–Crippen MR) is 71.7 cm³/mol. The Morgan fingerprint density at radius 3 is 2.60 bits per heavy atom. The Kier molecular flexibility index (Phi) is 6.78. The molecule has 1 aromatic rings.